The lowest BCUT2D eigenvalue weighted by atomic mass is 10.0. The first-order valence-electron chi connectivity index (χ1n) is 5.58. The zero-order chi connectivity index (χ0) is 12.4. The van der Waals surface area contributed by atoms with Gasteiger partial charge in [0.15, 0.2) is 5.76 Å². The average molecular weight is 229 g/mol. The van der Waals surface area contributed by atoms with Gasteiger partial charge >= 0.3 is 0 Å². The Kier molecular flexibility index (Phi) is 3.00. The predicted molar refractivity (Wildman–Crippen MR) is 66.8 cm³/mol. The smallest absolute Gasteiger partial charge is 0.284 e. The third kappa shape index (κ3) is 2.38. The minimum absolute atomic E-state index is 0.190. The van der Waals surface area contributed by atoms with Gasteiger partial charge in [-0.05, 0) is 29.7 Å². The fourth-order valence-corrected chi connectivity index (χ4v) is 1.68. The average Bonchev–Trinajstić information content (AvgIpc) is 2.78. The van der Waals surface area contributed by atoms with E-state index < -0.39 is 5.91 Å². The van der Waals surface area contributed by atoms with Gasteiger partial charge in [-0.25, -0.2) is 0 Å². The van der Waals surface area contributed by atoms with E-state index >= 15 is 0 Å². The van der Waals surface area contributed by atoms with Crippen molar-refractivity contribution in [1.82, 2.24) is 0 Å². The molecule has 0 aliphatic rings. The van der Waals surface area contributed by atoms with Crippen LogP contribution in [0.15, 0.2) is 40.8 Å². The maximum Gasteiger partial charge on any atom is 0.284 e. The van der Waals surface area contributed by atoms with E-state index in [0.29, 0.717) is 11.7 Å². The van der Waals surface area contributed by atoms with Crippen molar-refractivity contribution < 1.29 is 9.21 Å². The summed E-state index contributed by atoms with van der Waals surface area (Å²) in [5.41, 5.74) is 7.35. The van der Waals surface area contributed by atoms with Crippen LogP contribution in [0.1, 0.15) is 35.9 Å². The normalized spacial score (nSPS) is 10.8. The van der Waals surface area contributed by atoms with Crippen molar-refractivity contribution in [2.24, 2.45) is 5.73 Å². The lowest BCUT2D eigenvalue weighted by molar-refractivity contribution is 0.0974. The third-order valence-corrected chi connectivity index (χ3v) is 2.69. The molecule has 0 radical (unpaired) electrons. The third-order valence-electron chi connectivity index (χ3n) is 2.69. The molecule has 0 spiro atoms. The van der Waals surface area contributed by atoms with E-state index in [2.05, 4.69) is 26.0 Å². The molecule has 2 rings (SSSR count). The number of hydrogen-bond donors (Lipinski definition) is 1. The number of nitrogens with two attached hydrogens (primary N) is 1. The first-order chi connectivity index (χ1) is 8.08. The van der Waals surface area contributed by atoms with E-state index in [9.17, 15) is 4.79 Å². The molecular formula is C14H15NO2. The van der Waals surface area contributed by atoms with Crippen molar-refractivity contribution in [3.63, 3.8) is 0 Å². The number of amides is 1. The topological polar surface area (TPSA) is 56.2 Å². The highest BCUT2D eigenvalue weighted by Crippen LogP contribution is 2.25. The largest absolute Gasteiger partial charge is 0.451 e. The Morgan fingerprint density at radius 3 is 2.59 bits per heavy atom. The van der Waals surface area contributed by atoms with E-state index in [1.54, 1.807) is 12.1 Å². The minimum atomic E-state index is -0.545. The lowest BCUT2D eigenvalue weighted by Gasteiger charge is -2.06. The SMILES string of the molecule is CC(C)c1cccc(-c2ccc(C(N)=O)o2)c1. The molecule has 0 saturated carbocycles. The molecule has 1 heterocycles. The van der Waals surface area contributed by atoms with Gasteiger partial charge in [0, 0.05) is 5.56 Å². The van der Waals surface area contributed by atoms with Crippen molar-refractivity contribution in [3.8, 4) is 11.3 Å². The number of primary amides is 1. The molecule has 1 amide bonds. The molecule has 2 aromatic rings. The van der Waals surface area contributed by atoms with Gasteiger partial charge in [-0.1, -0.05) is 32.0 Å². The summed E-state index contributed by atoms with van der Waals surface area (Å²) >= 11 is 0. The van der Waals surface area contributed by atoms with Gasteiger partial charge in [-0.3, -0.25) is 4.79 Å². The first-order valence-corrected chi connectivity index (χ1v) is 5.58. The van der Waals surface area contributed by atoms with E-state index in [1.165, 1.54) is 5.56 Å². The summed E-state index contributed by atoms with van der Waals surface area (Å²) in [7, 11) is 0. The summed E-state index contributed by atoms with van der Waals surface area (Å²) in [5, 5.41) is 0. The van der Waals surface area contributed by atoms with Crippen LogP contribution >= 0.6 is 0 Å². The van der Waals surface area contributed by atoms with Gasteiger partial charge in [0.05, 0.1) is 0 Å². The molecule has 0 bridgehead atoms. The Morgan fingerprint density at radius 2 is 2.00 bits per heavy atom. The van der Waals surface area contributed by atoms with Gasteiger partial charge in [0.2, 0.25) is 0 Å². The molecule has 0 saturated heterocycles. The summed E-state index contributed by atoms with van der Waals surface area (Å²) in [6.07, 6.45) is 0. The molecular weight excluding hydrogens is 214 g/mol. The van der Waals surface area contributed by atoms with Crippen molar-refractivity contribution in [3.05, 3.63) is 47.7 Å². The van der Waals surface area contributed by atoms with Gasteiger partial charge in [-0.2, -0.15) is 0 Å². The van der Waals surface area contributed by atoms with Crippen LogP contribution in [0.3, 0.4) is 0 Å². The molecule has 0 aliphatic carbocycles. The monoisotopic (exact) mass is 229 g/mol. The van der Waals surface area contributed by atoms with Crippen LogP contribution < -0.4 is 5.73 Å². The Bertz CT molecular complexity index is 541. The van der Waals surface area contributed by atoms with E-state index in [0.717, 1.165) is 5.56 Å². The number of hydrogen-bond acceptors (Lipinski definition) is 2. The van der Waals surface area contributed by atoms with Crippen LogP contribution in [-0.2, 0) is 0 Å². The van der Waals surface area contributed by atoms with Crippen molar-refractivity contribution in [1.29, 1.82) is 0 Å². The molecule has 2 N–H and O–H groups in total. The van der Waals surface area contributed by atoms with Crippen LogP contribution in [0.2, 0.25) is 0 Å². The Balaban J connectivity index is 2.38. The van der Waals surface area contributed by atoms with E-state index in [4.69, 9.17) is 10.2 Å². The standard InChI is InChI=1S/C14H15NO2/c1-9(2)10-4-3-5-11(8-10)12-6-7-13(17-12)14(15)16/h3-9H,1-2H3,(H2,15,16). The number of carbonyl (C=O) groups excluding carboxylic acids is 1. The second-order valence-electron chi connectivity index (χ2n) is 4.31. The zero-order valence-corrected chi connectivity index (χ0v) is 9.94. The highest BCUT2D eigenvalue weighted by atomic mass is 16.3. The summed E-state index contributed by atoms with van der Waals surface area (Å²) in [6.45, 7) is 4.27. The number of benzene rings is 1. The second kappa shape index (κ2) is 4.45. The minimum Gasteiger partial charge on any atom is -0.451 e. The second-order valence-corrected chi connectivity index (χ2v) is 4.31. The van der Waals surface area contributed by atoms with Crippen LogP contribution in [0.25, 0.3) is 11.3 Å². The Hall–Kier alpha value is -2.03. The van der Waals surface area contributed by atoms with Crippen LogP contribution in [0, 0.1) is 0 Å². The van der Waals surface area contributed by atoms with Gasteiger partial charge < -0.3 is 10.2 Å². The fourth-order valence-electron chi connectivity index (χ4n) is 1.68. The summed E-state index contributed by atoms with van der Waals surface area (Å²) in [6, 6.07) is 11.4. The summed E-state index contributed by atoms with van der Waals surface area (Å²) in [5.74, 6) is 0.771. The van der Waals surface area contributed by atoms with Gasteiger partial charge in [0.25, 0.3) is 5.91 Å². The first kappa shape index (κ1) is 11.5. The molecule has 3 heteroatoms. The molecule has 3 nitrogen and oxygen atoms in total. The predicted octanol–water partition coefficient (Wildman–Crippen LogP) is 3.17. The number of furan rings is 1. The molecule has 0 aliphatic heterocycles. The van der Waals surface area contributed by atoms with Crippen LogP contribution in [0.4, 0.5) is 0 Å². The maximum absolute atomic E-state index is 10.9. The quantitative estimate of drug-likeness (QED) is 0.878. The van der Waals surface area contributed by atoms with Crippen molar-refractivity contribution >= 4 is 5.91 Å². The fraction of sp³-hybridized carbons (Fsp3) is 0.214. The number of carbonyl (C=O) groups is 1. The molecule has 0 unspecified atom stereocenters. The molecule has 88 valence electrons. The Morgan fingerprint density at radius 1 is 1.24 bits per heavy atom. The van der Waals surface area contributed by atoms with E-state index in [1.807, 2.05) is 12.1 Å². The lowest BCUT2D eigenvalue weighted by Crippen LogP contribution is -2.09. The number of rotatable bonds is 3. The zero-order valence-electron chi connectivity index (χ0n) is 9.94. The summed E-state index contributed by atoms with van der Waals surface area (Å²) < 4.78 is 5.39. The van der Waals surface area contributed by atoms with Crippen molar-refractivity contribution in [2.75, 3.05) is 0 Å². The van der Waals surface area contributed by atoms with Crippen LogP contribution in [0.5, 0.6) is 0 Å². The highest BCUT2D eigenvalue weighted by molar-refractivity contribution is 5.90. The summed E-state index contributed by atoms with van der Waals surface area (Å²) in [4.78, 5) is 10.9. The molecule has 17 heavy (non-hydrogen) atoms. The maximum atomic E-state index is 10.9. The van der Waals surface area contributed by atoms with Crippen LogP contribution in [-0.4, -0.2) is 5.91 Å². The van der Waals surface area contributed by atoms with Crippen molar-refractivity contribution in [2.45, 2.75) is 19.8 Å². The van der Waals surface area contributed by atoms with Gasteiger partial charge in [-0.15, -0.1) is 0 Å². The molecule has 0 atom stereocenters. The highest BCUT2D eigenvalue weighted by Gasteiger charge is 2.09. The molecule has 1 aromatic heterocycles. The molecule has 1 aromatic carbocycles. The molecule has 0 fully saturated rings. The van der Waals surface area contributed by atoms with Gasteiger partial charge in [0.1, 0.15) is 5.76 Å². The van der Waals surface area contributed by atoms with E-state index in [-0.39, 0.29) is 5.76 Å². The Labute approximate surface area is 100 Å².